The molecule has 0 aliphatic heterocycles. The van der Waals surface area contributed by atoms with Gasteiger partial charge in [-0.1, -0.05) is 11.6 Å². The summed E-state index contributed by atoms with van der Waals surface area (Å²) in [6, 6.07) is 3.38. The van der Waals surface area contributed by atoms with E-state index in [2.05, 4.69) is 11.4 Å². The lowest BCUT2D eigenvalue weighted by atomic mass is 9.87. The quantitative estimate of drug-likeness (QED) is 0.568. The fourth-order valence-electron chi connectivity index (χ4n) is 1.39. The zero-order chi connectivity index (χ0) is 11.4. The van der Waals surface area contributed by atoms with Gasteiger partial charge in [-0.05, 0) is 25.0 Å². The molecule has 85 valence electrons. The average Bonchev–Trinajstić information content (AvgIpc) is 2.18. The molecule has 16 heavy (non-hydrogen) atoms. The minimum absolute atomic E-state index is 0.00579. The van der Waals surface area contributed by atoms with E-state index in [1.807, 2.05) is 0 Å². The summed E-state index contributed by atoms with van der Waals surface area (Å²) in [4.78, 5) is 4.90. The Morgan fingerprint density at radius 1 is 1.38 bits per heavy atom. The van der Waals surface area contributed by atoms with Crippen molar-refractivity contribution in [2.24, 2.45) is 11.1 Å². The van der Waals surface area contributed by atoms with E-state index in [0.29, 0.717) is 11.5 Å². The Morgan fingerprint density at radius 2 is 2.19 bits per heavy atom. The topological polar surface area (TPSA) is 21.6 Å². The summed E-state index contributed by atoms with van der Waals surface area (Å²) in [7, 11) is 0. The molecular formula is C12H12F2NO. The first-order valence-electron chi connectivity index (χ1n) is 5.27. The Kier molecular flexibility index (Phi) is 3.49. The van der Waals surface area contributed by atoms with Crippen molar-refractivity contribution >= 4 is 6.21 Å². The summed E-state index contributed by atoms with van der Waals surface area (Å²) in [5.41, 5.74) is 0.292. The number of hydrogen-bond donors (Lipinski definition) is 0. The zero-order valence-corrected chi connectivity index (χ0v) is 8.75. The second-order valence-electron chi connectivity index (χ2n) is 3.86. The molecule has 0 amide bonds. The third kappa shape index (κ3) is 2.78. The second-order valence-corrected chi connectivity index (χ2v) is 3.86. The van der Waals surface area contributed by atoms with E-state index < -0.39 is 11.6 Å². The van der Waals surface area contributed by atoms with Crippen LogP contribution < -0.4 is 0 Å². The van der Waals surface area contributed by atoms with Crippen LogP contribution in [0, 0.1) is 17.6 Å². The summed E-state index contributed by atoms with van der Waals surface area (Å²) in [6.45, 7) is 0.00579. The van der Waals surface area contributed by atoms with Crippen molar-refractivity contribution in [2.45, 2.75) is 25.9 Å². The van der Waals surface area contributed by atoms with Gasteiger partial charge >= 0.3 is 0 Å². The van der Waals surface area contributed by atoms with Gasteiger partial charge in [0.15, 0.2) is 0 Å². The van der Waals surface area contributed by atoms with Gasteiger partial charge in [0.05, 0.1) is 0 Å². The average molecular weight is 224 g/mol. The van der Waals surface area contributed by atoms with E-state index in [9.17, 15) is 8.78 Å². The molecule has 1 radical (unpaired) electrons. The molecule has 0 heterocycles. The maximum Gasteiger partial charge on any atom is 0.145 e. The van der Waals surface area contributed by atoms with Crippen molar-refractivity contribution in [1.29, 1.82) is 0 Å². The van der Waals surface area contributed by atoms with E-state index in [-0.39, 0.29) is 6.61 Å². The lowest BCUT2D eigenvalue weighted by Crippen LogP contribution is -2.11. The Hall–Kier alpha value is -1.45. The summed E-state index contributed by atoms with van der Waals surface area (Å²) in [5, 5.41) is 3.64. The van der Waals surface area contributed by atoms with Crippen LogP contribution in [0.25, 0.3) is 0 Å². The maximum absolute atomic E-state index is 13.1. The van der Waals surface area contributed by atoms with E-state index in [4.69, 9.17) is 4.84 Å². The van der Waals surface area contributed by atoms with Crippen molar-refractivity contribution < 1.29 is 13.6 Å². The van der Waals surface area contributed by atoms with Crippen LogP contribution in [0.15, 0.2) is 23.4 Å². The first kappa shape index (κ1) is 11.0. The van der Waals surface area contributed by atoms with Gasteiger partial charge in [-0.2, -0.15) is 0 Å². The molecule has 0 bridgehead atoms. The molecule has 1 aliphatic rings. The molecule has 0 N–H and O–H groups in total. The van der Waals surface area contributed by atoms with Crippen molar-refractivity contribution in [2.75, 3.05) is 0 Å². The maximum atomic E-state index is 13.1. The van der Waals surface area contributed by atoms with Crippen LogP contribution in [0.5, 0.6) is 0 Å². The van der Waals surface area contributed by atoms with Crippen LogP contribution in [0.3, 0.4) is 0 Å². The van der Waals surface area contributed by atoms with E-state index in [0.717, 1.165) is 18.9 Å². The Labute approximate surface area is 92.9 Å². The molecule has 0 spiro atoms. The molecule has 2 rings (SSSR count). The normalized spacial score (nSPS) is 16.4. The highest BCUT2D eigenvalue weighted by Crippen LogP contribution is 2.24. The first-order valence-corrected chi connectivity index (χ1v) is 5.27. The van der Waals surface area contributed by atoms with Gasteiger partial charge in [0.25, 0.3) is 0 Å². The molecule has 1 saturated carbocycles. The molecule has 4 heteroatoms. The standard InChI is InChI=1S/C12H12F2NO/c13-11-5-4-10(12(14)6-11)8-16-15-7-9-2-1-3-9/h4-6,9H,1-3,8H2. The largest absolute Gasteiger partial charge is 0.391 e. The molecular weight excluding hydrogens is 212 g/mol. The van der Waals surface area contributed by atoms with E-state index >= 15 is 0 Å². The number of benzene rings is 1. The van der Waals surface area contributed by atoms with Crippen molar-refractivity contribution in [3.63, 3.8) is 0 Å². The summed E-state index contributed by atoms with van der Waals surface area (Å²) in [5.74, 6) is -0.817. The van der Waals surface area contributed by atoms with Gasteiger partial charge < -0.3 is 4.84 Å². The third-order valence-electron chi connectivity index (χ3n) is 2.64. The summed E-state index contributed by atoms with van der Waals surface area (Å²) < 4.78 is 25.7. The predicted molar refractivity (Wildman–Crippen MR) is 55.9 cm³/mol. The molecule has 0 atom stereocenters. The lowest BCUT2D eigenvalue weighted by molar-refractivity contribution is 0.127. The Morgan fingerprint density at radius 3 is 2.81 bits per heavy atom. The van der Waals surface area contributed by atoms with Gasteiger partial charge in [0.1, 0.15) is 24.5 Å². The molecule has 1 aliphatic carbocycles. The van der Waals surface area contributed by atoms with Crippen molar-refractivity contribution in [1.82, 2.24) is 0 Å². The number of hydrogen-bond acceptors (Lipinski definition) is 2. The smallest absolute Gasteiger partial charge is 0.145 e. The molecule has 0 aromatic heterocycles. The predicted octanol–water partition coefficient (Wildman–Crippen LogP) is 3.14. The van der Waals surface area contributed by atoms with Crippen LogP contribution in [0.2, 0.25) is 0 Å². The molecule has 0 saturated heterocycles. The van der Waals surface area contributed by atoms with Gasteiger partial charge in [0.2, 0.25) is 0 Å². The molecule has 2 nitrogen and oxygen atoms in total. The van der Waals surface area contributed by atoms with Crippen molar-refractivity contribution in [3.05, 3.63) is 35.4 Å². The lowest BCUT2D eigenvalue weighted by Gasteiger charge is -2.18. The van der Waals surface area contributed by atoms with Crippen LogP contribution in [0.1, 0.15) is 24.8 Å². The fraction of sp³-hybridized carbons (Fsp3) is 0.417. The van der Waals surface area contributed by atoms with Crippen LogP contribution in [-0.2, 0) is 11.4 Å². The van der Waals surface area contributed by atoms with E-state index in [1.165, 1.54) is 18.6 Å². The summed E-state index contributed by atoms with van der Waals surface area (Å²) >= 11 is 0. The highest BCUT2D eigenvalue weighted by molar-refractivity contribution is 5.60. The van der Waals surface area contributed by atoms with Gasteiger partial charge in [-0.15, -0.1) is 0 Å². The molecule has 1 aromatic carbocycles. The minimum Gasteiger partial charge on any atom is -0.391 e. The summed E-state index contributed by atoms with van der Waals surface area (Å²) in [6.07, 6.45) is 6.22. The van der Waals surface area contributed by atoms with E-state index in [1.54, 1.807) is 0 Å². The van der Waals surface area contributed by atoms with Crippen LogP contribution in [0.4, 0.5) is 8.78 Å². The number of nitrogens with zero attached hydrogens (tertiary/aromatic N) is 1. The van der Waals surface area contributed by atoms with Crippen molar-refractivity contribution in [3.8, 4) is 0 Å². The fourth-order valence-corrected chi connectivity index (χ4v) is 1.39. The monoisotopic (exact) mass is 224 g/mol. The van der Waals surface area contributed by atoms with Gasteiger partial charge in [0, 0.05) is 17.5 Å². The van der Waals surface area contributed by atoms with Crippen LogP contribution >= 0.6 is 0 Å². The van der Waals surface area contributed by atoms with Gasteiger partial charge in [-0.3, -0.25) is 0 Å². The SMILES string of the molecule is Fc1ccc(CO/N=[C]\C2CCC2)c(F)c1. The van der Waals surface area contributed by atoms with Gasteiger partial charge in [-0.25, -0.2) is 8.78 Å². The Balaban J connectivity index is 1.82. The molecule has 1 aromatic rings. The highest BCUT2D eigenvalue weighted by Gasteiger charge is 2.15. The second kappa shape index (κ2) is 5.05. The third-order valence-corrected chi connectivity index (χ3v) is 2.64. The first-order chi connectivity index (χ1) is 7.75. The molecule has 1 fully saturated rings. The number of rotatable bonds is 4. The highest BCUT2D eigenvalue weighted by atomic mass is 19.1. The zero-order valence-electron chi connectivity index (χ0n) is 8.75. The minimum atomic E-state index is -0.612. The molecule has 0 unspecified atom stereocenters. The van der Waals surface area contributed by atoms with Crippen LogP contribution in [-0.4, -0.2) is 6.21 Å². The Bertz CT molecular complexity index is 389. The number of halogens is 2.